The molecule has 1 aliphatic heterocycles. The standard InChI is InChI=1S/C20H18N2O6/c1-3-28-14-9-7-13(8-10-14)22-19(25)15(18(24)21-20(22)26)11-12-5-4-6-16(27-2)17(12)23/h4-11,23H,3H2,1-2H3,(H,21,24,26)/b15-11-. The van der Waals surface area contributed by atoms with Crippen LogP contribution in [0.1, 0.15) is 12.5 Å². The summed E-state index contributed by atoms with van der Waals surface area (Å²) in [5, 5.41) is 12.3. The quantitative estimate of drug-likeness (QED) is 0.608. The van der Waals surface area contributed by atoms with Crippen molar-refractivity contribution in [2.75, 3.05) is 18.6 Å². The van der Waals surface area contributed by atoms with Gasteiger partial charge in [0.05, 0.1) is 19.4 Å². The smallest absolute Gasteiger partial charge is 0.335 e. The minimum Gasteiger partial charge on any atom is -0.504 e. The number of aromatic hydroxyl groups is 1. The molecular weight excluding hydrogens is 364 g/mol. The first-order valence-corrected chi connectivity index (χ1v) is 8.46. The van der Waals surface area contributed by atoms with Gasteiger partial charge in [-0.3, -0.25) is 14.9 Å². The van der Waals surface area contributed by atoms with Crippen LogP contribution in [0.5, 0.6) is 17.2 Å². The molecule has 0 saturated carbocycles. The van der Waals surface area contributed by atoms with Crippen LogP contribution in [0.25, 0.3) is 6.08 Å². The van der Waals surface area contributed by atoms with Crippen molar-refractivity contribution in [3.05, 3.63) is 53.6 Å². The van der Waals surface area contributed by atoms with E-state index in [2.05, 4.69) is 5.32 Å². The maximum Gasteiger partial charge on any atom is 0.335 e. The van der Waals surface area contributed by atoms with Gasteiger partial charge in [-0.15, -0.1) is 0 Å². The van der Waals surface area contributed by atoms with Crippen molar-refractivity contribution in [2.24, 2.45) is 0 Å². The third kappa shape index (κ3) is 3.52. The molecule has 3 rings (SSSR count). The number of carbonyl (C=O) groups excluding carboxylic acids is 3. The SMILES string of the molecule is CCOc1ccc(N2C(=O)NC(=O)/C(=C/c3cccc(OC)c3O)C2=O)cc1. The van der Waals surface area contributed by atoms with Crippen molar-refractivity contribution in [1.29, 1.82) is 0 Å². The van der Waals surface area contributed by atoms with Crippen LogP contribution in [-0.2, 0) is 9.59 Å². The first-order chi connectivity index (χ1) is 13.5. The summed E-state index contributed by atoms with van der Waals surface area (Å²) in [4.78, 5) is 38.2. The number of para-hydroxylation sites is 1. The summed E-state index contributed by atoms with van der Waals surface area (Å²) >= 11 is 0. The molecule has 0 spiro atoms. The lowest BCUT2D eigenvalue weighted by atomic mass is 10.1. The molecule has 0 bridgehead atoms. The number of carbonyl (C=O) groups is 3. The number of anilines is 1. The number of urea groups is 1. The van der Waals surface area contributed by atoms with E-state index in [-0.39, 0.29) is 28.3 Å². The van der Waals surface area contributed by atoms with Crippen LogP contribution < -0.4 is 19.7 Å². The van der Waals surface area contributed by atoms with E-state index in [1.54, 1.807) is 30.3 Å². The molecule has 0 unspecified atom stereocenters. The minimum atomic E-state index is -0.855. The van der Waals surface area contributed by atoms with Crippen molar-refractivity contribution in [3.63, 3.8) is 0 Å². The van der Waals surface area contributed by atoms with Gasteiger partial charge in [-0.2, -0.15) is 0 Å². The first-order valence-electron chi connectivity index (χ1n) is 8.46. The summed E-state index contributed by atoms with van der Waals surface area (Å²) in [5.41, 5.74) is 0.190. The van der Waals surface area contributed by atoms with Crippen LogP contribution in [0.4, 0.5) is 10.5 Å². The first kappa shape index (κ1) is 19.0. The largest absolute Gasteiger partial charge is 0.504 e. The van der Waals surface area contributed by atoms with Gasteiger partial charge in [-0.05, 0) is 43.3 Å². The molecule has 144 valence electrons. The molecule has 4 amide bonds. The van der Waals surface area contributed by atoms with Crippen LogP contribution >= 0.6 is 0 Å². The van der Waals surface area contributed by atoms with Crippen LogP contribution in [0.2, 0.25) is 0 Å². The van der Waals surface area contributed by atoms with E-state index in [0.717, 1.165) is 4.90 Å². The van der Waals surface area contributed by atoms with Crippen molar-refractivity contribution in [3.8, 4) is 17.2 Å². The highest BCUT2D eigenvalue weighted by molar-refractivity contribution is 6.39. The van der Waals surface area contributed by atoms with E-state index in [9.17, 15) is 19.5 Å². The van der Waals surface area contributed by atoms with E-state index in [1.165, 1.54) is 25.3 Å². The molecule has 2 aromatic rings. The molecule has 28 heavy (non-hydrogen) atoms. The number of rotatable bonds is 5. The molecule has 1 aliphatic rings. The molecule has 0 aromatic heterocycles. The molecule has 1 fully saturated rings. The van der Waals surface area contributed by atoms with Gasteiger partial charge < -0.3 is 14.6 Å². The second-order valence-corrected chi connectivity index (χ2v) is 5.78. The molecule has 1 heterocycles. The number of amides is 4. The van der Waals surface area contributed by atoms with Crippen LogP contribution in [0.3, 0.4) is 0 Å². The molecule has 2 N–H and O–H groups in total. The van der Waals surface area contributed by atoms with Gasteiger partial charge in [0, 0.05) is 5.56 Å². The normalized spacial score (nSPS) is 15.6. The predicted octanol–water partition coefficient (Wildman–Crippen LogP) is 2.47. The summed E-state index contributed by atoms with van der Waals surface area (Å²) in [6.07, 6.45) is 1.21. The van der Waals surface area contributed by atoms with Crippen molar-refractivity contribution < 1.29 is 29.0 Å². The number of benzene rings is 2. The lowest BCUT2D eigenvalue weighted by molar-refractivity contribution is -0.122. The molecule has 1 saturated heterocycles. The highest BCUT2D eigenvalue weighted by Crippen LogP contribution is 2.32. The van der Waals surface area contributed by atoms with Gasteiger partial charge in [0.25, 0.3) is 11.8 Å². The Hall–Kier alpha value is -3.81. The van der Waals surface area contributed by atoms with Gasteiger partial charge in [0.15, 0.2) is 11.5 Å². The Morgan fingerprint density at radius 1 is 1.11 bits per heavy atom. The average molecular weight is 382 g/mol. The van der Waals surface area contributed by atoms with E-state index >= 15 is 0 Å². The average Bonchev–Trinajstić information content (AvgIpc) is 2.67. The van der Waals surface area contributed by atoms with E-state index in [1.807, 2.05) is 6.92 Å². The predicted molar refractivity (Wildman–Crippen MR) is 101 cm³/mol. The summed E-state index contributed by atoms with van der Waals surface area (Å²) in [6, 6.07) is 10.1. The molecular formula is C20H18N2O6. The zero-order valence-corrected chi connectivity index (χ0v) is 15.3. The van der Waals surface area contributed by atoms with E-state index in [4.69, 9.17) is 9.47 Å². The number of hydrogen-bond donors (Lipinski definition) is 2. The van der Waals surface area contributed by atoms with Crippen LogP contribution in [0, 0.1) is 0 Å². The zero-order chi connectivity index (χ0) is 20.3. The third-order valence-electron chi connectivity index (χ3n) is 4.06. The van der Waals surface area contributed by atoms with Crippen molar-refractivity contribution in [1.82, 2.24) is 5.32 Å². The Kier molecular flexibility index (Phi) is 5.30. The second kappa shape index (κ2) is 7.83. The molecule has 0 radical (unpaired) electrons. The number of phenolic OH excluding ortho intramolecular Hbond substituents is 1. The highest BCUT2D eigenvalue weighted by Gasteiger charge is 2.37. The third-order valence-corrected chi connectivity index (χ3v) is 4.06. The maximum absolute atomic E-state index is 12.9. The number of ether oxygens (including phenoxy) is 2. The summed E-state index contributed by atoms with van der Waals surface area (Å²) in [5.74, 6) is -1.09. The second-order valence-electron chi connectivity index (χ2n) is 5.78. The Morgan fingerprint density at radius 3 is 2.46 bits per heavy atom. The summed E-state index contributed by atoms with van der Waals surface area (Å²) in [6.45, 7) is 2.32. The Balaban J connectivity index is 1.98. The van der Waals surface area contributed by atoms with Gasteiger partial charge in [0.1, 0.15) is 11.3 Å². The lowest BCUT2D eigenvalue weighted by Crippen LogP contribution is -2.54. The van der Waals surface area contributed by atoms with E-state index in [0.29, 0.717) is 12.4 Å². The topological polar surface area (TPSA) is 105 Å². The monoisotopic (exact) mass is 382 g/mol. The summed E-state index contributed by atoms with van der Waals surface area (Å²) in [7, 11) is 1.39. The number of imide groups is 2. The molecule has 8 nitrogen and oxygen atoms in total. The van der Waals surface area contributed by atoms with Crippen LogP contribution in [0.15, 0.2) is 48.0 Å². The van der Waals surface area contributed by atoms with Gasteiger partial charge in [-0.1, -0.05) is 12.1 Å². The number of methoxy groups -OCH3 is 1. The van der Waals surface area contributed by atoms with Crippen LogP contribution in [-0.4, -0.2) is 36.7 Å². The van der Waals surface area contributed by atoms with E-state index < -0.39 is 17.8 Å². The number of nitrogens with one attached hydrogen (secondary N) is 1. The Labute approximate surface area is 161 Å². The summed E-state index contributed by atoms with van der Waals surface area (Å²) < 4.78 is 10.4. The number of barbiturate groups is 1. The van der Waals surface area contributed by atoms with Gasteiger partial charge >= 0.3 is 6.03 Å². The Morgan fingerprint density at radius 2 is 1.82 bits per heavy atom. The molecule has 8 heteroatoms. The zero-order valence-electron chi connectivity index (χ0n) is 15.3. The number of hydrogen-bond acceptors (Lipinski definition) is 6. The van der Waals surface area contributed by atoms with Gasteiger partial charge in [-0.25, -0.2) is 9.69 Å². The van der Waals surface area contributed by atoms with Crippen molar-refractivity contribution >= 4 is 29.6 Å². The molecule has 0 atom stereocenters. The Bertz CT molecular complexity index is 965. The lowest BCUT2D eigenvalue weighted by Gasteiger charge is -2.26. The fourth-order valence-corrected chi connectivity index (χ4v) is 2.73. The van der Waals surface area contributed by atoms with Gasteiger partial charge in [0.2, 0.25) is 0 Å². The van der Waals surface area contributed by atoms with Crippen molar-refractivity contribution in [2.45, 2.75) is 6.92 Å². The number of nitrogens with zero attached hydrogens (tertiary/aromatic N) is 1. The fraction of sp³-hybridized carbons (Fsp3) is 0.150. The highest BCUT2D eigenvalue weighted by atomic mass is 16.5. The number of phenols is 1. The molecule has 2 aromatic carbocycles. The minimum absolute atomic E-state index is 0.192. The molecule has 0 aliphatic carbocycles. The maximum atomic E-state index is 12.9. The fourth-order valence-electron chi connectivity index (χ4n) is 2.73.